The number of nitrogens with zero attached hydrogens (tertiary/aromatic N) is 2. The molecule has 2 rings (SSSR count). The van der Waals surface area contributed by atoms with Crippen molar-refractivity contribution in [1.82, 2.24) is 9.21 Å². The van der Waals surface area contributed by atoms with Gasteiger partial charge < -0.3 is 4.90 Å². The van der Waals surface area contributed by atoms with Crippen LogP contribution in [0.2, 0.25) is 5.02 Å². The molecule has 0 unspecified atom stereocenters. The molecule has 0 aliphatic rings. The summed E-state index contributed by atoms with van der Waals surface area (Å²) in [5, 5.41) is 0.473. The first kappa shape index (κ1) is 20.2. The van der Waals surface area contributed by atoms with E-state index in [1.165, 1.54) is 27.4 Å². The predicted octanol–water partition coefficient (Wildman–Crippen LogP) is 3.42. The minimum Gasteiger partial charge on any atom is -0.345 e. The normalized spacial score (nSPS) is 11.4. The molecule has 0 fully saturated rings. The van der Waals surface area contributed by atoms with Crippen LogP contribution >= 0.6 is 11.6 Å². The second-order valence-electron chi connectivity index (χ2n) is 5.94. The molecule has 0 aromatic heterocycles. The molecule has 2 aromatic carbocycles. The van der Waals surface area contributed by atoms with Crippen molar-refractivity contribution in [3.05, 3.63) is 77.3 Å². The van der Waals surface area contributed by atoms with Crippen molar-refractivity contribution in [2.24, 2.45) is 0 Å². The van der Waals surface area contributed by atoms with E-state index >= 15 is 0 Å². The summed E-state index contributed by atoms with van der Waals surface area (Å²) in [6, 6.07) is 12.9. The zero-order valence-electron chi connectivity index (χ0n) is 14.7. The number of amides is 1. The molecule has 7 heteroatoms. The first-order valence-corrected chi connectivity index (χ1v) is 9.74. The highest BCUT2D eigenvalue weighted by atomic mass is 35.5. The Hall–Kier alpha value is -2.15. The maximum absolute atomic E-state index is 12.9. The molecule has 0 spiro atoms. The molecule has 1 amide bonds. The van der Waals surface area contributed by atoms with Crippen LogP contribution < -0.4 is 0 Å². The van der Waals surface area contributed by atoms with Crippen molar-refractivity contribution in [3.8, 4) is 0 Å². The molecule has 2 aromatic rings. The molecular formula is C19H21ClN2O3S. The number of halogens is 1. The molecule has 0 atom stereocenters. The smallest absolute Gasteiger partial charge is 0.253 e. The summed E-state index contributed by atoms with van der Waals surface area (Å²) in [4.78, 5) is 13.6. The van der Waals surface area contributed by atoms with Gasteiger partial charge in [0, 0.05) is 37.8 Å². The summed E-state index contributed by atoms with van der Waals surface area (Å²) in [5.74, 6) is -0.103. The highest BCUT2D eigenvalue weighted by Crippen LogP contribution is 2.21. The summed E-state index contributed by atoms with van der Waals surface area (Å²) in [6.45, 7) is 3.99. The van der Waals surface area contributed by atoms with Gasteiger partial charge in [-0.3, -0.25) is 4.79 Å². The van der Waals surface area contributed by atoms with Crippen molar-refractivity contribution in [2.45, 2.75) is 11.4 Å². The number of benzene rings is 2. The van der Waals surface area contributed by atoms with Crippen LogP contribution in [0.25, 0.3) is 0 Å². The molecule has 5 nitrogen and oxygen atoms in total. The van der Waals surface area contributed by atoms with Gasteiger partial charge in [0.25, 0.3) is 5.91 Å². The van der Waals surface area contributed by atoms with Gasteiger partial charge in [-0.15, -0.1) is 6.58 Å². The first-order valence-electron chi connectivity index (χ1n) is 7.93. The average Bonchev–Trinajstić information content (AvgIpc) is 2.61. The lowest BCUT2D eigenvalue weighted by Crippen LogP contribution is -2.30. The third-order valence-electron chi connectivity index (χ3n) is 3.75. The van der Waals surface area contributed by atoms with E-state index in [4.69, 9.17) is 11.6 Å². The maximum atomic E-state index is 12.9. The van der Waals surface area contributed by atoms with Crippen molar-refractivity contribution in [3.63, 3.8) is 0 Å². The van der Waals surface area contributed by atoms with E-state index in [0.717, 1.165) is 5.56 Å². The second kappa shape index (κ2) is 8.49. The quantitative estimate of drug-likeness (QED) is 0.678. The van der Waals surface area contributed by atoms with Crippen molar-refractivity contribution >= 4 is 27.5 Å². The molecule has 0 bridgehead atoms. The first-order chi connectivity index (χ1) is 12.3. The summed E-state index contributed by atoms with van der Waals surface area (Å²) in [5.41, 5.74) is 1.33. The largest absolute Gasteiger partial charge is 0.345 e. The topological polar surface area (TPSA) is 57.7 Å². The van der Waals surface area contributed by atoms with Crippen LogP contribution in [-0.4, -0.2) is 44.2 Å². The van der Waals surface area contributed by atoms with Crippen LogP contribution in [0.4, 0.5) is 0 Å². The van der Waals surface area contributed by atoms with E-state index in [-0.39, 0.29) is 23.9 Å². The van der Waals surface area contributed by atoms with E-state index < -0.39 is 10.0 Å². The van der Waals surface area contributed by atoms with Crippen LogP contribution in [-0.2, 0) is 16.6 Å². The monoisotopic (exact) mass is 392 g/mol. The zero-order valence-corrected chi connectivity index (χ0v) is 16.3. The van der Waals surface area contributed by atoms with Gasteiger partial charge in [-0.2, -0.15) is 4.31 Å². The van der Waals surface area contributed by atoms with E-state index in [9.17, 15) is 13.2 Å². The molecule has 0 saturated carbocycles. The predicted molar refractivity (Wildman–Crippen MR) is 104 cm³/mol. The van der Waals surface area contributed by atoms with E-state index in [0.29, 0.717) is 10.6 Å². The highest BCUT2D eigenvalue weighted by molar-refractivity contribution is 7.89. The van der Waals surface area contributed by atoms with Crippen molar-refractivity contribution in [1.29, 1.82) is 0 Å². The Balaban J connectivity index is 2.26. The lowest BCUT2D eigenvalue weighted by molar-refractivity contribution is 0.0827. The van der Waals surface area contributed by atoms with E-state index in [1.807, 2.05) is 0 Å². The third kappa shape index (κ3) is 4.72. The average molecular weight is 393 g/mol. The molecule has 0 radical (unpaired) electrons. The summed E-state index contributed by atoms with van der Waals surface area (Å²) < 4.78 is 27.1. The zero-order chi connectivity index (χ0) is 19.3. The van der Waals surface area contributed by atoms with Crippen molar-refractivity contribution < 1.29 is 13.2 Å². The molecule has 0 aliphatic carbocycles. The number of sulfonamides is 1. The number of hydrogen-bond donors (Lipinski definition) is 0. The van der Waals surface area contributed by atoms with Crippen molar-refractivity contribution in [2.75, 3.05) is 20.6 Å². The Bertz CT molecular complexity index is 876. The molecule has 0 aliphatic heterocycles. The summed E-state index contributed by atoms with van der Waals surface area (Å²) in [6.07, 6.45) is 1.54. The Kier molecular flexibility index (Phi) is 6.58. The van der Waals surface area contributed by atoms with Gasteiger partial charge in [-0.1, -0.05) is 29.8 Å². The lowest BCUT2D eigenvalue weighted by atomic mass is 10.1. The van der Waals surface area contributed by atoms with E-state index in [1.54, 1.807) is 50.5 Å². The van der Waals surface area contributed by atoms with Gasteiger partial charge in [-0.05, 0) is 42.0 Å². The van der Waals surface area contributed by atoms with Gasteiger partial charge >= 0.3 is 0 Å². The van der Waals surface area contributed by atoms with Crippen LogP contribution in [0.5, 0.6) is 0 Å². The SMILES string of the molecule is C=CCN(Cc1ccc(C(=O)N(C)C)cc1)S(=O)(=O)c1ccc(Cl)cc1. The summed E-state index contributed by atoms with van der Waals surface area (Å²) in [7, 11) is -0.327. The van der Waals surface area contributed by atoms with Crippen LogP contribution in [0.15, 0.2) is 66.1 Å². The molecule has 0 saturated heterocycles. The number of hydrogen-bond acceptors (Lipinski definition) is 3. The minimum atomic E-state index is -3.69. The van der Waals surface area contributed by atoms with Gasteiger partial charge in [-0.25, -0.2) is 8.42 Å². The van der Waals surface area contributed by atoms with Crippen LogP contribution in [0.3, 0.4) is 0 Å². The van der Waals surface area contributed by atoms with Gasteiger partial charge in [0.2, 0.25) is 10.0 Å². The number of carbonyl (C=O) groups excluding carboxylic acids is 1. The third-order valence-corrected chi connectivity index (χ3v) is 5.83. The Morgan fingerprint density at radius 1 is 1.08 bits per heavy atom. The fraction of sp³-hybridized carbons (Fsp3) is 0.211. The number of carbonyl (C=O) groups is 1. The second-order valence-corrected chi connectivity index (χ2v) is 8.31. The Morgan fingerprint density at radius 2 is 1.65 bits per heavy atom. The minimum absolute atomic E-state index is 0.103. The molecule has 0 N–H and O–H groups in total. The fourth-order valence-corrected chi connectivity index (χ4v) is 3.89. The Morgan fingerprint density at radius 3 is 2.15 bits per heavy atom. The van der Waals surface area contributed by atoms with Crippen LogP contribution in [0.1, 0.15) is 15.9 Å². The standard InChI is InChI=1S/C19H21ClN2O3S/c1-4-13-22(26(24,25)18-11-9-17(20)10-12-18)14-15-5-7-16(8-6-15)19(23)21(2)3/h4-12H,1,13-14H2,2-3H3. The van der Waals surface area contributed by atoms with Gasteiger partial charge in [0.05, 0.1) is 4.90 Å². The van der Waals surface area contributed by atoms with Gasteiger partial charge in [0.1, 0.15) is 0 Å². The lowest BCUT2D eigenvalue weighted by Gasteiger charge is -2.21. The Labute approximate surface area is 159 Å². The molecular weight excluding hydrogens is 372 g/mol. The maximum Gasteiger partial charge on any atom is 0.253 e. The molecule has 26 heavy (non-hydrogen) atoms. The fourth-order valence-electron chi connectivity index (χ4n) is 2.36. The molecule has 0 heterocycles. The summed E-state index contributed by atoms with van der Waals surface area (Å²) >= 11 is 5.84. The highest BCUT2D eigenvalue weighted by Gasteiger charge is 2.23. The van der Waals surface area contributed by atoms with E-state index in [2.05, 4.69) is 6.58 Å². The molecule has 138 valence electrons. The van der Waals surface area contributed by atoms with Crippen LogP contribution in [0, 0.1) is 0 Å². The number of rotatable bonds is 7. The van der Waals surface area contributed by atoms with Gasteiger partial charge in [0.15, 0.2) is 0 Å².